The Hall–Kier alpha value is -2.61. The number of hydrogen-bond donors (Lipinski definition) is 0. The Morgan fingerprint density at radius 2 is 1.72 bits per heavy atom. The molecule has 3 aromatic rings. The molecule has 1 heterocycles. The van der Waals surface area contributed by atoms with E-state index in [2.05, 4.69) is 36.4 Å². The average molecular weight is 328 g/mol. The zero-order valence-electron chi connectivity index (χ0n) is 14.1. The van der Waals surface area contributed by atoms with Crippen LogP contribution < -0.4 is 5.43 Å². The maximum atomic E-state index is 13.2. The monoisotopic (exact) mass is 328 g/mol. The second kappa shape index (κ2) is 5.73. The van der Waals surface area contributed by atoms with Crippen LogP contribution in [0.1, 0.15) is 42.1 Å². The molecule has 2 aliphatic rings. The second-order valence-corrected chi connectivity index (χ2v) is 7.14. The third-order valence-corrected chi connectivity index (χ3v) is 5.76. The predicted molar refractivity (Wildman–Crippen MR) is 101 cm³/mol. The highest BCUT2D eigenvalue weighted by Crippen LogP contribution is 2.47. The molecule has 0 aliphatic heterocycles. The van der Waals surface area contributed by atoms with E-state index in [0.29, 0.717) is 22.8 Å². The Labute approximate surface area is 146 Å². The summed E-state index contributed by atoms with van der Waals surface area (Å²) in [4.78, 5) is 13.2. The number of allylic oxidation sites excluding steroid dienone is 2. The summed E-state index contributed by atoms with van der Waals surface area (Å²) in [5.41, 5.74) is 4.26. The van der Waals surface area contributed by atoms with Crippen LogP contribution in [0.2, 0.25) is 0 Å². The van der Waals surface area contributed by atoms with Crippen LogP contribution in [0.15, 0.2) is 69.9 Å². The van der Waals surface area contributed by atoms with Crippen molar-refractivity contribution in [2.75, 3.05) is 0 Å². The molecule has 1 aromatic heterocycles. The Balaban J connectivity index is 1.76. The molecule has 0 saturated heterocycles. The summed E-state index contributed by atoms with van der Waals surface area (Å²) in [6.45, 7) is 0. The Morgan fingerprint density at radius 1 is 0.920 bits per heavy atom. The van der Waals surface area contributed by atoms with Crippen molar-refractivity contribution in [3.8, 4) is 0 Å². The minimum absolute atomic E-state index is 0.140. The molecule has 0 bridgehead atoms. The van der Waals surface area contributed by atoms with Gasteiger partial charge >= 0.3 is 0 Å². The van der Waals surface area contributed by atoms with Gasteiger partial charge in [-0.2, -0.15) is 0 Å². The normalized spacial score (nSPS) is 22.2. The van der Waals surface area contributed by atoms with E-state index in [0.717, 1.165) is 30.6 Å². The van der Waals surface area contributed by atoms with Crippen LogP contribution in [0.5, 0.6) is 0 Å². The number of benzene rings is 2. The summed E-state index contributed by atoms with van der Waals surface area (Å²) in [6.07, 6.45) is 6.50. The van der Waals surface area contributed by atoms with Gasteiger partial charge in [-0.05, 0) is 54.4 Å². The molecule has 2 atom stereocenters. The van der Waals surface area contributed by atoms with Crippen LogP contribution in [0, 0.1) is 5.92 Å². The van der Waals surface area contributed by atoms with Crippen LogP contribution in [-0.2, 0) is 6.42 Å². The molecule has 0 saturated carbocycles. The fraction of sp³-hybridized carbons (Fsp3) is 0.261. The van der Waals surface area contributed by atoms with Crippen LogP contribution in [0.4, 0.5) is 0 Å². The standard InChI is InChI=1S/C23H20O2/c24-23-18-12-6-7-13-20(18)25-21-14-19(15-8-2-1-3-9-15)16-10-4-5-11-17(16)22(21)23/h1-3,6-9,11-13,16,19H,4-5,10,14H2/t16-,19+/m1/s1. The summed E-state index contributed by atoms with van der Waals surface area (Å²) in [7, 11) is 0. The van der Waals surface area contributed by atoms with Crippen molar-refractivity contribution in [3.05, 3.63) is 87.8 Å². The van der Waals surface area contributed by atoms with Gasteiger partial charge in [-0.25, -0.2) is 0 Å². The lowest BCUT2D eigenvalue weighted by molar-refractivity contribution is 0.401. The van der Waals surface area contributed by atoms with Crippen molar-refractivity contribution >= 4 is 16.5 Å². The van der Waals surface area contributed by atoms with Crippen LogP contribution in [-0.4, -0.2) is 0 Å². The molecule has 124 valence electrons. The molecular weight excluding hydrogens is 308 g/mol. The van der Waals surface area contributed by atoms with Gasteiger partial charge < -0.3 is 4.42 Å². The Bertz CT molecular complexity index is 1030. The molecule has 0 spiro atoms. The van der Waals surface area contributed by atoms with Gasteiger partial charge in [0.25, 0.3) is 0 Å². The molecule has 2 aliphatic carbocycles. The van der Waals surface area contributed by atoms with Crippen molar-refractivity contribution in [3.63, 3.8) is 0 Å². The number of fused-ring (bicyclic) bond motifs is 4. The van der Waals surface area contributed by atoms with Crippen molar-refractivity contribution in [1.82, 2.24) is 0 Å². The van der Waals surface area contributed by atoms with E-state index < -0.39 is 0 Å². The van der Waals surface area contributed by atoms with Crippen molar-refractivity contribution in [1.29, 1.82) is 0 Å². The first-order valence-corrected chi connectivity index (χ1v) is 9.13. The smallest absolute Gasteiger partial charge is 0.200 e. The molecule has 2 heteroatoms. The molecule has 5 rings (SSSR count). The molecular formula is C23H20O2. The molecule has 2 nitrogen and oxygen atoms in total. The zero-order valence-corrected chi connectivity index (χ0v) is 14.1. The topological polar surface area (TPSA) is 30.2 Å². The number of rotatable bonds is 1. The summed E-state index contributed by atoms with van der Waals surface area (Å²) in [6, 6.07) is 18.3. The third kappa shape index (κ3) is 2.28. The first kappa shape index (κ1) is 14.7. The fourth-order valence-electron chi connectivity index (χ4n) is 4.62. The minimum atomic E-state index is 0.140. The van der Waals surface area contributed by atoms with Crippen molar-refractivity contribution in [2.24, 2.45) is 5.92 Å². The van der Waals surface area contributed by atoms with E-state index in [1.165, 1.54) is 17.6 Å². The lowest BCUT2D eigenvalue weighted by Crippen LogP contribution is -2.29. The molecule has 0 fully saturated rings. The zero-order chi connectivity index (χ0) is 16.8. The van der Waals surface area contributed by atoms with Gasteiger partial charge in [-0.15, -0.1) is 0 Å². The SMILES string of the molecule is O=c1c2c(oc3ccccc13)C[C@@H](c1ccccc1)[C@@H]1CCCC=C21. The van der Waals surface area contributed by atoms with Gasteiger partial charge in [-0.1, -0.05) is 48.5 Å². The third-order valence-electron chi connectivity index (χ3n) is 5.76. The van der Waals surface area contributed by atoms with Gasteiger partial charge in [-0.3, -0.25) is 4.79 Å². The first-order chi connectivity index (χ1) is 12.3. The van der Waals surface area contributed by atoms with Crippen molar-refractivity contribution < 1.29 is 4.42 Å². The maximum absolute atomic E-state index is 13.2. The highest BCUT2D eigenvalue weighted by atomic mass is 16.3. The van der Waals surface area contributed by atoms with Crippen LogP contribution in [0.3, 0.4) is 0 Å². The Kier molecular flexibility index (Phi) is 3.37. The van der Waals surface area contributed by atoms with E-state index in [4.69, 9.17) is 4.42 Å². The van der Waals surface area contributed by atoms with Crippen LogP contribution in [0.25, 0.3) is 16.5 Å². The summed E-state index contributed by atoms with van der Waals surface area (Å²) in [5.74, 6) is 1.68. The van der Waals surface area contributed by atoms with Gasteiger partial charge in [0.15, 0.2) is 5.43 Å². The molecule has 25 heavy (non-hydrogen) atoms. The minimum Gasteiger partial charge on any atom is -0.460 e. The highest BCUT2D eigenvalue weighted by molar-refractivity contribution is 5.83. The molecule has 0 N–H and O–H groups in total. The van der Waals surface area contributed by atoms with Gasteiger partial charge in [0.2, 0.25) is 0 Å². The highest BCUT2D eigenvalue weighted by Gasteiger charge is 2.37. The molecule has 0 radical (unpaired) electrons. The summed E-state index contributed by atoms with van der Waals surface area (Å²) < 4.78 is 6.22. The van der Waals surface area contributed by atoms with E-state index in [9.17, 15) is 4.79 Å². The molecule has 0 amide bonds. The predicted octanol–water partition coefficient (Wildman–Crippen LogP) is 5.32. The molecule has 0 unspecified atom stereocenters. The fourth-order valence-corrected chi connectivity index (χ4v) is 4.62. The summed E-state index contributed by atoms with van der Waals surface area (Å²) in [5, 5.41) is 0.699. The van der Waals surface area contributed by atoms with Crippen LogP contribution >= 0.6 is 0 Å². The van der Waals surface area contributed by atoms with E-state index in [1.54, 1.807) is 0 Å². The largest absolute Gasteiger partial charge is 0.460 e. The van der Waals surface area contributed by atoms with Gasteiger partial charge in [0.05, 0.1) is 10.9 Å². The summed E-state index contributed by atoms with van der Waals surface area (Å²) >= 11 is 0. The number of hydrogen-bond acceptors (Lipinski definition) is 2. The van der Waals surface area contributed by atoms with E-state index in [-0.39, 0.29) is 5.43 Å². The van der Waals surface area contributed by atoms with Crippen molar-refractivity contribution in [2.45, 2.75) is 31.6 Å². The Morgan fingerprint density at radius 3 is 2.60 bits per heavy atom. The van der Waals surface area contributed by atoms with Gasteiger partial charge in [0, 0.05) is 6.42 Å². The molecule has 2 aromatic carbocycles. The lowest BCUT2D eigenvalue weighted by Gasteiger charge is -2.37. The lowest BCUT2D eigenvalue weighted by atomic mass is 9.67. The average Bonchev–Trinajstić information content (AvgIpc) is 2.68. The first-order valence-electron chi connectivity index (χ1n) is 9.13. The van der Waals surface area contributed by atoms with Gasteiger partial charge in [0.1, 0.15) is 11.3 Å². The quantitative estimate of drug-likeness (QED) is 0.605. The van der Waals surface area contributed by atoms with E-state index in [1.807, 2.05) is 24.3 Å². The number of para-hydroxylation sites is 1. The second-order valence-electron chi connectivity index (χ2n) is 7.14. The maximum Gasteiger partial charge on any atom is 0.200 e. The van der Waals surface area contributed by atoms with E-state index >= 15 is 0 Å².